The van der Waals surface area contributed by atoms with E-state index in [-0.39, 0.29) is 0 Å². The van der Waals surface area contributed by atoms with Crippen LogP contribution in [-0.4, -0.2) is 41.8 Å². The Morgan fingerprint density at radius 2 is 1.89 bits per heavy atom. The second-order valence-corrected chi connectivity index (χ2v) is 7.05. The van der Waals surface area contributed by atoms with E-state index in [1.807, 2.05) is 24.3 Å². The second kappa shape index (κ2) is 8.35. The summed E-state index contributed by atoms with van der Waals surface area (Å²) in [5, 5.41) is 8.54. The third-order valence-corrected chi connectivity index (χ3v) is 5.18. The van der Waals surface area contributed by atoms with E-state index in [1.165, 1.54) is 12.0 Å². The molecule has 0 N–H and O–H groups in total. The maximum Gasteiger partial charge on any atom is 0.247 e. The van der Waals surface area contributed by atoms with Crippen LogP contribution in [0.2, 0.25) is 0 Å². The highest BCUT2D eigenvalue weighted by Gasteiger charge is 2.28. The normalized spacial score (nSPS) is 17.3. The van der Waals surface area contributed by atoms with Crippen LogP contribution in [0, 0.1) is 0 Å². The van der Waals surface area contributed by atoms with Gasteiger partial charge >= 0.3 is 0 Å². The average molecular weight is 363 g/mol. The molecule has 1 saturated heterocycles. The molecule has 5 heteroatoms. The van der Waals surface area contributed by atoms with Gasteiger partial charge in [0.05, 0.1) is 13.0 Å². The maximum absolute atomic E-state index is 5.96. The van der Waals surface area contributed by atoms with E-state index < -0.39 is 0 Å². The Kier molecular flexibility index (Phi) is 5.49. The van der Waals surface area contributed by atoms with Crippen molar-refractivity contribution in [3.63, 3.8) is 0 Å². The molecular formula is C22H25N3O2. The lowest BCUT2D eigenvalue weighted by molar-refractivity contribution is 0.323. The van der Waals surface area contributed by atoms with Gasteiger partial charge in [-0.1, -0.05) is 30.3 Å². The summed E-state index contributed by atoms with van der Waals surface area (Å²) in [6.45, 7) is 3.21. The molecule has 1 aliphatic rings. The van der Waals surface area contributed by atoms with Crippen LogP contribution in [0.3, 0.4) is 0 Å². The summed E-state index contributed by atoms with van der Waals surface area (Å²) in [7, 11) is 1.66. The molecule has 0 bridgehead atoms. The van der Waals surface area contributed by atoms with Gasteiger partial charge in [0, 0.05) is 12.1 Å². The van der Waals surface area contributed by atoms with Gasteiger partial charge in [-0.2, -0.15) is 0 Å². The monoisotopic (exact) mass is 363 g/mol. The summed E-state index contributed by atoms with van der Waals surface area (Å²) in [6, 6.07) is 18.4. The fourth-order valence-electron chi connectivity index (χ4n) is 3.64. The van der Waals surface area contributed by atoms with Gasteiger partial charge in [-0.05, 0) is 62.2 Å². The zero-order valence-corrected chi connectivity index (χ0v) is 15.7. The SMILES string of the molecule is COc1ccc(-c2nnc([C@H]3CCN(CCCc4ccccc4)C3)o2)cc1. The van der Waals surface area contributed by atoms with Crippen LogP contribution in [0.4, 0.5) is 0 Å². The van der Waals surface area contributed by atoms with Crippen molar-refractivity contribution in [2.24, 2.45) is 0 Å². The number of methoxy groups -OCH3 is 1. The smallest absolute Gasteiger partial charge is 0.247 e. The lowest BCUT2D eigenvalue weighted by atomic mass is 10.1. The van der Waals surface area contributed by atoms with Gasteiger partial charge < -0.3 is 14.1 Å². The first-order valence-corrected chi connectivity index (χ1v) is 9.56. The average Bonchev–Trinajstić information content (AvgIpc) is 3.38. The van der Waals surface area contributed by atoms with E-state index in [9.17, 15) is 0 Å². The van der Waals surface area contributed by atoms with E-state index >= 15 is 0 Å². The molecule has 0 saturated carbocycles. The van der Waals surface area contributed by atoms with Crippen LogP contribution in [0.25, 0.3) is 11.5 Å². The fourth-order valence-corrected chi connectivity index (χ4v) is 3.64. The first kappa shape index (κ1) is 17.7. The summed E-state index contributed by atoms with van der Waals surface area (Å²) < 4.78 is 11.2. The van der Waals surface area contributed by atoms with Crippen molar-refractivity contribution in [3.05, 3.63) is 66.1 Å². The molecule has 1 atom stereocenters. The van der Waals surface area contributed by atoms with Crippen LogP contribution in [0.5, 0.6) is 5.75 Å². The lowest BCUT2D eigenvalue weighted by Gasteiger charge is -2.14. The van der Waals surface area contributed by atoms with Gasteiger partial charge in [0.2, 0.25) is 11.8 Å². The summed E-state index contributed by atoms with van der Waals surface area (Å²) >= 11 is 0. The molecule has 0 amide bonds. The summed E-state index contributed by atoms with van der Waals surface area (Å²) in [5.74, 6) is 2.49. The molecule has 1 aliphatic heterocycles. The van der Waals surface area contributed by atoms with Gasteiger partial charge in [-0.3, -0.25) is 0 Å². The number of likely N-dealkylation sites (tertiary alicyclic amines) is 1. The molecule has 0 aliphatic carbocycles. The Morgan fingerprint density at radius 3 is 2.67 bits per heavy atom. The molecule has 1 fully saturated rings. The van der Waals surface area contributed by atoms with E-state index in [2.05, 4.69) is 45.4 Å². The number of nitrogens with zero attached hydrogens (tertiary/aromatic N) is 3. The predicted octanol–water partition coefficient (Wildman–Crippen LogP) is 4.17. The zero-order valence-electron chi connectivity index (χ0n) is 15.7. The van der Waals surface area contributed by atoms with Crippen molar-refractivity contribution < 1.29 is 9.15 Å². The van der Waals surface area contributed by atoms with Gasteiger partial charge in [0.25, 0.3) is 0 Å². The number of aryl methyl sites for hydroxylation is 1. The van der Waals surface area contributed by atoms with Gasteiger partial charge in [0.1, 0.15) is 5.75 Å². The molecule has 3 aromatic rings. The Balaban J connectivity index is 1.30. The standard InChI is InChI=1S/C22H25N3O2/c1-26-20-11-9-18(10-12-20)21-23-24-22(27-21)19-13-15-25(16-19)14-5-8-17-6-3-2-4-7-17/h2-4,6-7,9-12,19H,5,8,13-16H2,1H3/t19-/m0/s1. The summed E-state index contributed by atoms with van der Waals surface area (Å²) in [4.78, 5) is 2.50. The van der Waals surface area contributed by atoms with Crippen LogP contribution in [0.1, 0.15) is 30.2 Å². The molecule has 0 unspecified atom stereocenters. The molecular weight excluding hydrogens is 338 g/mol. The Hall–Kier alpha value is -2.66. The molecule has 2 aromatic carbocycles. The Morgan fingerprint density at radius 1 is 1.07 bits per heavy atom. The fraction of sp³-hybridized carbons (Fsp3) is 0.364. The van der Waals surface area contributed by atoms with Crippen molar-refractivity contribution in [2.75, 3.05) is 26.7 Å². The van der Waals surface area contributed by atoms with Crippen molar-refractivity contribution in [1.29, 1.82) is 0 Å². The minimum Gasteiger partial charge on any atom is -0.497 e. The minimum atomic E-state index is 0.334. The maximum atomic E-state index is 5.96. The number of hydrogen-bond donors (Lipinski definition) is 0. The second-order valence-electron chi connectivity index (χ2n) is 7.05. The quantitative estimate of drug-likeness (QED) is 0.631. The number of benzene rings is 2. The number of ether oxygens (including phenoxy) is 1. The molecule has 140 valence electrons. The van der Waals surface area contributed by atoms with Crippen LogP contribution < -0.4 is 4.74 Å². The topological polar surface area (TPSA) is 51.4 Å². The van der Waals surface area contributed by atoms with Gasteiger partial charge in [-0.25, -0.2) is 0 Å². The van der Waals surface area contributed by atoms with Crippen LogP contribution in [0.15, 0.2) is 59.0 Å². The summed E-state index contributed by atoms with van der Waals surface area (Å²) in [6.07, 6.45) is 3.39. The van der Waals surface area contributed by atoms with Crippen molar-refractivity contribution in [1.82, 2.24) is 15.1 Å². The molecule has 0 spiro atoms. The molecule has 1 aromatic heterocycles. The third-order valence-electron chi connectivity index (χ3n) is 5.18. The highest BCUT2D eigenvalue weighted by Crippen LogP contribution is 2.29. The van der Waals surface area contributed by atoms with E-state index in [0.29, 0.717) is 11.8 Å². The highest BCUT2D eigenvalue weighted by atomic mass is 16.5. The first-order chi connectivity index (χ1) is 13.3. The van der Waals surface area contributed by atoms with Crippen LogP contribution >= 0.6 is 0 Å². The van der Waals surface area contributed by atoms with Crippen LogP contribution in [-0.2, 0) is 6.42 Å². The van der Waals surface area contributed by atoms with Crippen molar-refractivity contribution in [2.45, 2.75) is 25.2 Å². The largest absolute Gasteiger partial charge is 0.497 e. The van der Waals surface area contributed by atoms with Crippen molar-refractivity contribution >= 4 is 0 Å². The predicted molar refractivity (Wildman–Crippen MR) is 105 cm³/mol. The zero-order chi connectivity index (χ0) is 18.5. The Labute approximate surface area is 160 Å². The lowest BCUT2D eigenvalue weighted by Crippen LogP contribution is -2.22. The molecule has 0 radical (unpaired) electrons. The Bertz CT molecular complexity index is 846. The van der Waals surface area contributed by atoms with E-state index in [1.54, 1.807) is 7.11 Å². The number of hydrogen-bond acceptors (Lipinski definition) is 5. The molecule has 27 heavy (non-hydrogen) atoms. The minimum absolute atomic E-state index is 0.334. The molecule has 2 heterocycles. The molecule has 4 rings (SSSR count). The highest BCUT2D eigenvalue weighted by molar-refractivity contribution is 5.54. The van der Waals surface area contributed by atoms with E-state index in [0.717, 1.165) is 49.7 Å². The van der Waals surface area contributed by atoms with E-state index in [4.69, 9.17) is 9.15 Å². The molecule has 5 nitrogen and oxygen atoms in total. The number of rotatable bonds is 7. The number of aromatic nitrogens is 2. The van der Waals surface area contributed by atoms with Gasteiger partial charge in [-0.15, -0.1) is 10.2 Å². The van der Waals surface area contributed by atoms with Gasteiger partial charge in [0.15, 0.2) is 0 Å². The summed E-state index contributed by atoms with van der Waals surface area (Å²) in [5.41, 5.74) is 2.33. The third kappa shape index (κ3) is 4.37. The van der Waals surface area contributed by atoms with Crippen molar-refractivity contribution in [3.8, 4) is 17.2 Å². The first-order valence-electron chi connectivity index (χ1n) is 9.56.